The van der Waals surface area contributed by atoms with Gasteiger partial charge in [-0.05, 0) is 103 Å². The molecule has 2 rings (SSSR count). The van der Waals surface area contributed by atoms with Gasteiger partial charge in [0, 0.05) is 25.8 Å². The maximum atomic E-state index is 2.27. The van der Waals surface area contributed by atoms with Crippen molar-refractivity contribution >= 4 is 0 Å². The molecule has 0 aromatic carbocycles. The van der Waals surface area contributed by atoms with Gasteiger partial charge in [0.05, 0.1) is 0 Å². The molecule has 0 N–H and O–H groups in total. The molecular formula is C16H20Hf. The first-order valence-electron chi connectivity index (χ1n) is 5.97. The van der Waals surface area contributed by atoms with Crippen molar-refractivity contribution < 1.29 is 25.8 Å². The Morgan fingerprint density at radius 2 is 0.529 bits per heavy atom. The Kier molecular flexibility index (Phi) is 15.7. The van der Waals surface area contributed by atoms with E-state index in [4.69, 9.17) is 0 Å². The number of rotatable bonds is 0. The van der Waals surface area contributed by atoms with Crippen molar-refractivity contribution in [1.29, 1.82) is 0 Å². The van der Waals surface area contributed by atoms with Gasteiger partial charge >= 0.3 is 0 Å². The van der Waals surface area contributed by atoms with Gasteiger partial charge in [-0.3, -0.25) is 0 Å². The van der Waals surface area contributed by atoms with Crippen molar-refractivity contribution in [2.45, 2.75) is 25.7 Å². The van der Waals surface area contributed by atoms with Crippen molar-refractivity contribution in [2.75, 3.05) is 0 Å². The van der Waals surface area contributed by atoms with Crippen LogP contribution in [0.4, 0.5) is 0 Å². The average molecular weight is 391 g/mol. The number of hydrogen-bond donors (Lipinski definition) is 0. The maximum absolute atomic E-state index is 2.27. The van der Waals surface area contributed by atoms with Gasteiger partial charge in [-0.1, -0.05) is 0 Å². The third kappa shape index (κ3) is 13.1. The van der Waals surface area contributed by atoms with E-state index in [9.17, 15) is 0 Å². The second kappa shape index (κ2) is 14.9. The molecule has 0 saturated heterocycles. The molecule has 0 unspecified atom stereocenters. The Morgan fingerprint density at radius 3 is 0.706 bits per heavy atom. The molecular weight excluding hydrogens is 371 g/mol. The zero-order valence-electron chi connectivity index (χ0n) is 10.3. The Balaban J connectivity index is 0.000000284. The largest absolute Gasteiger partial charge is 0.0496 e. The van der Waals surface area contributed by atoms with E-state index in [1.165, 1.54) is 25.7 Å². The van der Waals surface area contributed by atoms with Crippen LogP contribution in [0.3, 0.4) is 0 Å². The summed E-state index contributed by atoms with van der Waals surface area (Å²) in [5.74, 6) is 0. The van der Waals surface area contributed by atoms with Gasteiger partial charge in [0.25, 0.3) is 0 Å². The summed E-state index contributed by atoms with van der Waals surface area (Å²) in [6.07, 6.45) is 30.0. The molecule has 12 radical (unpaired) electrons. The van der Waals surface area contributed by atoms with Gasteiger partial charge in [-0.25, -0.2) is 0 Å². The molecule has 2 fully saturated rings. The Hall–Kier alpha value is 0.870. The van der Waals surface area contributed by atoms with Crippen molar-refractivity contribution in [1.82, 2.24) is 0 Å². The van der Waals surface area contributed by atoms with Crippen LogP contribution < -0.4 is 0 Å². The van der Waals surface area contributed by atoms with Gasteiger partial charge in [0.2, 0.25) is 0 Å². The minimum absolute atomic E-state index is 0. The Morgan fingerprint density at radius 1 is 0.353 bits per heavy atom. The third-order valence-corrected chi connectivity index (χ3v) is 2.22. The summed E-state index contributed by atoms with van der Waals surface area (Å²) < 4.78 is 0. The molecule has 0 heterocycles. The van der Waals surface area contributed by atoms with Gasteiger partial charge < -0.3 is 0 Å². The van der Waals surface area contributed by atoms with Crippen LogP contribution >= 0.6 is 0 Å². The molecule has 0 bridgehead atoms. The van der Waals surface area contributed by atoms with E-state index in [2.05, 4.69) is 25.7 Å². The Labute approximate surface area is 128 Å². The molecule has 1 heteroatoms. The fraction of sp³-hybridized carbons (Fsp3) is 0.250. The predicted molar refractivity (Wildman–Crippen MR) is 70.1 cm³/mol. The summed E-state index contributed by atoms with van der Waals surface area (Å²) in [6.45, 7) is 0. The Bertz CT molecular complexity index is 69.5. The molecule has 0 aromatic rings. The van der Waals surface area contributed by atoms with Crippen LogP contribution in [0.25, 0.3) is 0 Å². The summed E-state index contributed by atoms with van der Waals surface area (Å²) in [6, 6.07) is 0. The molecule has 2 aliphatic carbocycles. The second-order valence-corrected chi connectivity index (χ2v) is 3.64. The molecule has 0 nitrogen and oxygen atoms in total. The molecule has 0 aliphatic heterocycles. The van der Waals surface area contributed by atoms with Crippen LogP contribution in [0.5, 0.6) is 0 Å². The topological polar surface area (TPSA) is 0 Å². The van der Waals surface area contributed by atoms with Gasteiger partial charge in [-0.15, -0.1) is 0 Å². The summed E-state index contributed by atoms with van der Waals surface area (Å²) >= 11 is 0. The third-order valence-electron chi connectivity index (χ3n) is 2.22. The second-order valence-electron chi connectivity index (χ2n) is 3.64. The van der Waals surface area contributed by atoms with Crippen LogP contribution in [-0.4, -0.2) is 0 Å². The van der Waals surface area contributed by atoms with Crippen LogP contribution in [0.15, 0.2) is 0 Å². The molecule has 0 amide bonds. The van der Waals surface area contributed by atoms with Crippen LogP contribution in [0.2, 0.25) is 0 Å². The zero-order chi connectivity index (χ0) is 11.3. The van der Waals surface area contributed by atoms with Crippen LogP contribution in [0, 0.1) is 77.0 Å². The normalized spacial score (nSPS) is 22.6. The number of hydrogen-bond acceptors (Lipinski definition) is 0. The fourth-order valence-electron chi connectivity index (χ4n) is 1.37. The molecule has 88 valence electrons. The van der Waals surface area contributed by atoms with Gasteiger partial charge in [0.1, 0.15) is 0 Å². The molecule has 2 aliphatic rings. The standard InChI is InChI=1S/C8H12.C8H8.Hf/c2*1-2-4-6-8-7-5-3-1;/h1-2,7-8H,3-6H2;1-8H;. The summed E-state index contributed by atoms with van der Waals surface area (Å²) in [4.78, 5) is 0. The van der Waals surface area contributed by atoms with Crippen molar-refractivity contribution in [2.24, 2.45) is 0 Å². The van der Waals surface area contributed by atoms with E-state index >= 15 is 0 Å². The average Bonchev–Trinajstić information content (AvgIpc) is 2.15. The van der Waals surface area contributed by atoms with Crippen LogP contribution in [-0.2, 0) is 25.8 Å². The molecule has 2 saturated carbocycles. The first-order chi connectivity index (χ1) is 8.00. The minimum Gasteiger partial charge on any atom is -0.0496 e. The van der Waals surface area contributed by atoms with E-state index < -0.39 is 0 Å². The van der Waals surface area contributed by atoms with E-state index in [-0.39, 0.29) is 25.8 Å². The zero-order valence-corrected chi connectivity index (χ0v) is 13.8. The maximum Gasteiger partial charge on any atom is 0 e. The van der Waals surface area contributed by atoms with E-state index in [1.807, 2.05) is 51.4 Å². The molecule has 0 atom stereocenters. The summed E-state index contributed by atoms with van der Waals surface area (Å²) in [7, 11) is 0. The van der Waals surface area contributed by atoms with Crippen molar-refractivity contribution in [3.8, 4) is 0 Å². The fourth-order valence-corrected chi connectivity index (χ4v) is 1.37. The molecule has 0 aromatic heterocycles. The van der Waals surface area contributed by atoms with E-state index in [0.717, 1.165) is 0 Å². The first-order valence-corrected chi connectivity index (χ1v) is 5.97. The summed E-state index contributed by atoms with van der Waals surface area (Å²) in [5.41, 5.74) is 0. The van der Waals surface area contributed by atoms with Crippen molar-refractivity contribution in [3.05, 3.63) is 77.0 Å². The summed E-state index contributed by atoms with van der Waals surface area (Å²) in [5, 5.41) is 0. The van der Waals surface area contributed by atoms with E-state index in [1.54, 1.807) is 0 Å². The van der Waals surface area contributed by atoms with Gasteiger partial charge in [-0.2, -0.15) is 0 Å². The quantitative estimate of drug-likeness (QED) is 0.548. The monoisotopic (exact) mass is 392 g/mol. The van der Waals surface area contributed by atoms with Crippen LogP contribution in [0.1, 0.15) is 25.7 Å². The molecule has 17 heavy (non-hydrogen) atoms. The van der Waals surface area contributed by atoms with Gasteiger partial charge in [0.15, 0.2) is 0 Å². The van der Waals surface area contributed by atoms with E-state index in [0.29, 0.717) is 0 Å². The first kappa shape index (κ1) is 17.9. The van der Waals surface area contributed by atoms with Crippen molar-refractivity contribution in [3.63, 3.8) is 0 Å². The predicted octanol–water partition coefficient (Wildman–Crippen LogP) is 4.01. The smallest absolute Gasteiger partial charge is 0 e. The minimum atomic E-state index is 0. The SMILES string of the molecule is [CH]1[CH]CC[CH][CH]CC1.[CH]1[CH][CH][CH][CH][CH][CH][CH]1.[Hf]. The molecule has 0 spiro atoms.